The predicted octanol–water partition coefficient (Wildman–Crippen LogP) is 3.74. The highest BCUT2D eigenvalue weighted by Gasteiger charge is 2.29. The molecule has 0 aliphatic carbocycles. The largest absolute Gasteiger partial charge is 0.477 e. The van der Waals surface area contributed by atoms with Crippen LogP contribution in [0.1, 0.15) is 33.1 Å². The topological polar surface area (TPSA) is 96.2 Å². The molecular formula is C22H20N4O3. The second-order valence-electron chi connectivity index (χ2n) is 6.99. The average Bonchev–Trinajstić information content (AvgIpc) is 3.14. The summed E-state index contributed by atoms with van der Waals surface area (Å²) in [5.41, 5.74) is 3.89. The van der Waals surface area contributed by atoms with Crippen LogP contribution < -0.4 is 10.6 Å². The number of aliphatic carboxylic acids is 1. The van der Waals surface area contributed by atoms with Gasteiger partial charge in [-0.1, -0.05) is 48.0 Å². The number of amides is 1. The number of carboxylic acids is 1. The van der Waals surface area contributed by atoms with Crippen molar-refractivity contribution in [1.82, 2.24) is 9.78 Å². The van der Waals surface area contributed by atoms with Crippen LogP contribution in [-0.2, 0) is 4.79 Å². The van der Waals surface area contributed by atoms with Crippen molar-refractivity contribution < 1.29 is 14.7 Å². The fourth-order valence-electron chi connectivity index (χ4n) is 3.29. The number of benzene rings is 2. The monoisotopic (exact) mass is 388 g/mol. The molecule has 1 atom stereocenters. The first-order valence-corrected chi connectivity index (χ1v) is 9.17. The van der Waals surface area contributed by atoms with Crippen molar-refractivity contribution in [3.05, 3.63) is 88.8 Å². The summed E-state index contributed by atoms with van der Waals surface area (Å²) in [5, 5.41) is 19.6. The van der Waals surface area contributed by atoms with Crippen molar-refractivity contribution in [3.8, 4) is 0 Å². The second kappa shape index (κ2) is 7.27. The number of rotatable bonds is 4. The van der Waals surface area contributed by atoms with Gasteiger partial charge in [0.05, 0.1) is 12.2 Å². The molecule has 1 aromatic heterocycles. The molecule has 0 radical (unpaired) electrons. The molecule has 0 spiro atoms. The summed E-state index contributed by atoms with van der Waals surface area (Å²) < 4.78 is 1.63. The molecule has 1 unspecified atom stereocenters. The summed E-state index contributed by atoms with van der Waals surface area (Å²) in [5.74, 6) is -1.11. The number of allylic oxidation sites excluding steroid dienone is 1. The normalized spacial score (nSPS) is 15.1. The molecule has 146 valence electrons. The number of para-hydroxylation sites is 1. The van der Waals surface area contributed by atoms with Crippen LogP contribution in [0.5, 0.6) is 0 Å². The summed E-state index contributed by atoms with van der Waals surface area (Å²) in [6.07, 6.45) is 3.05. The van der Waals surface area contributed by atoms with E-state index in [0.717, 1.165) is 16.7 Å². The van der Waals surface area contributed by atoms with Crippen molar-refractivity contribution in [2.24, 2.45) is 0 Å². The van der Waals surface area contributed by atoms with E-state index >= 15 is 0 Å². The molecule has 0 bridgehead atoms. The lowest BCUT2D eigenvalue weighted by molar-refractivity contribution is -0.132. The Bertz CT molecular complexity index is 1130. The van der Waals surface area contributed by atoms with E-state index in [2.05, 4.69) is 15.7 Å². The number of carbonyl (C=O) groups is 2. The smallest absolute Gasteiger partial charge is 0.352 e. The van der Waals surface area contributed by atoms with Crippen molar-refractivity contribution in [3.63, 3.8) is 0 Å². The standard InChI is InChI=1S/C22H20N4O3/c1-13-7-9-15(10-8-13)19-11-18(22(28)29)24-20-16(12-23-26(19)20)21(27)25-17-6-4-3-5-14(17)2/h3-12,19,24H,1-2H3,(H,25,27)(H,28,29). The first kappa shape index (κ1) is 18.5. The molecule has 0 saturated heterocycles. The maximum absolute atomic E-state index is 12.9. The van der Waals surface area contributed by atoms with Crippen LogP contribution in [-0.4, -0.2) is 26.8 Å². The number of hydrogen-bond acceptors (Lipinski definition) is 4. The molecule has 7 heteroatoms. The van der Waals surface area contributed by atoms with Crippen molar-refractivity contribution in [1.29, 1.82) is 0 Å². The lowest BCUT2D eigenvalue weighted by Gasteiger charge is -2.24. The van der Waals surface area contributed by atoms with Crippen molar-refractivity contribution >= 4 is 23.4 Å². The van der Waals surface area contributed by atoms with Crippen LogP contribution >= 0.6 is 0 Å². The molecule has 1 aliphatic heterocycles. The van der Waals surface area contributed by atoms with Gasteiger partial charge in [0.2, 0.25) is 0 Å². The van der Waals surface area contributed by atoms with Gasteiger partial charge in [-0.15, -0.1) is 0 Å². The van der Waals surface area contributed by atoms with E-state index in [1.807, 2.05) is 62.4 Å². The van der Waals surface area contributed by atoms with Gasteiger partial charge in [0.1, 0.15) is 17.1 Å². The summed E-state index contributed by atoms with van der Waals surface area (Å²) in [7, 11) is 0. The Morgan fingerprint density at radius 3 is 2.52 bits per heavy atom. The quantitative estimate of drug-likeness (QED) is 0.633. The molecule has 3 aromatic rings. The molecule has 2 heterocycles. The van der Waals surface area contributed by atoms with Gasteiger partial charge in [-0.2, -0.15) is 5.10 Å². The van der Waals surface area contributed by atoms with Gasteiger partial charge in [-0.3, -0.25) is 4.79 Å². The minimum Gasteiger partial charge on any atom is -0.477 e. The van der Waals surface area contributed by atoms with Crippen LogP contribution in [0, 0.1) is 13.8 Å². The van der Waals surface area contributed by atoms with E-state index in [0.29, 0.717) is 11.5 Å². The number of carboxylic acid groups (broad SMARTS) is 1. The molecule has 0 saturated carbocycles. The van der Waals surface area contributed by atoms with Crippen LogP contribution in [0.2, 0.25) is 0 Å². The molecule has 2 aromatic carbocycles. The zero-order chi connectivity index (χ0) is 20.5. The highest BCUT2D eigenvalue weighted by Crippen LogP contribution is 2.32. The van der Waals surface area contributed by atoms with Gasteiger partial charge in [0, 0.05) is 5.69 Å². The zero-order valence-corrected chi connectivity index (χ0v) is 16.0. The van der Waals surface area contributed by atoms with E-state index in [1.54, 1.807) is 10.8 Å². The van der Waals surface area contributed by atoms with Gasteiger partial charge < -0.3 is 15.7 Å². The van der Waals surface area contributed by atoms with Gasteiger partial charge in [-0.05, 0) is 37.1 Å². The average molecular weight is 388 g/mol. The number of carbonyl (C=O) groups excluding carboxylic acids is 1. The van der Waals surface area contributed by atoms with Crippen LogP contribution in [0.15, 0.2) is 66.5 Å². The highest BCUT2D eigenvalue weighted by molar-refractivity contribution is 6.08. The molecule has 1 amide bonds. The Balaban J connectivity index is 1.73. The number of anilines is 2. The van der Waals surface area contributed by atoms with E-state index in [4.69, 9.17) is 0 Å². The number of aromatic nitrogens is 2. The van der Waals surface area contributed by atoms with E-state index in [1.165, 1.54) is 6.20 Å². The Hall–Kier alpha value is -3.87. The Labute approximate surface area is 167 Å². The SMILES string of the molecule is Cc1ccc(C2C=C(C(=O)O)Nc3c(C(=O)Nc4ccccc4C)cnn32)cc1. The maximum Gasteiger partial charge on any atom is 0.352 e. The molecular weight excluding hydrogens is 368 g/mol. The molecule has 1 aliphatic rings. The summed E-state index contributed by atoms with van der Waals surface area (Å²) in [6.45, 7) is 3.89. The second-order valence-corrected chi connectivity index (χ2v) is 6.99. The third-order valence-electron chi connectivity index (χ3n) is 4.92. The lowest BCUT2D eigenvalue weighted by Crippen LogP contribution is -2.25. The minimum absolute atomic E-state index is 0.00789. The fraction of sp³-hybridized carbons (Fsp3) is 0.136. The van der Waals surface area contributed by atoms with Crippen LogP contribution in [0.3, 0.4) is 0 Å². The van der Waals surface area contributed by atoms with Gasteiger partial charge in [-0.25, -0.2) is 9.48 Å². The first-order chi connectivity index (χ1) is 13.9. The molecule has 0 fully saturated rings. The van der Waals surface area contributed by atoms with Crippen LogP contribution in [0.25, 0.3) is 0 Å². The molecule has 7 nitrogen and oxygen atoms in total. The third-order valence-corrected chi connectivity index (χ3v) is 4.92. The number of hydrogen-bond donors (Lipinski definition) is 3. The van der Waals surface area contributed by atoms with Gasteiger partial charge in [0.15, 0.2) is 0 Å². The minimum atomic E-state index is -1.10. The Morgan fingerprint density at radius 1 is 1.10 bits per heavy atom. The third kappa shape index (κ3) is 3.50. The molecule has 4 rings (SSSR count). The zero-order valence-electron chi connectivity index (χ0n) is 16.0. The molecule has 29 heavy (non-hydrogen) atoms. The fourth-order valence-corrected chi connectivity index (χ4v) is 3.29. The summed E-state index contributed by atoms with van der Waals surface area (Å²) in [6, 6.07) is 14.8. The van der Waals surface area contributed by atoms with E-state index in [9.17, 15) is 14.7 Å². The molecule has 3 N–H and O–H groups in total. The Morgan fingerprint density at radius 2 is 1.83 bits per heavy atom. The van der Waals surface area contributed by atoms with Crippen LogP contribution in [0.4, 0.5) is 11.5 Å². The van der Waals surface area contributed by atoms with Crippen molar-refractivity contribution in [2.45, 2.75) is 19.9 Å². The van der Waals surface area contributed by atoms with Crippen molar-refractivity contribution in [2.75, 3.05) is 10.6 Å². The van der Waals surface area contributed by atoms with E-state index in [-0.39, 0.29) is 17.2 Å². The highest BCUT2D eigenvalue weighted by atomic mass is 16.4. The number of fused-ring (bicyclic) bond motifs is 1. The van der Waals surface area contributed by atoms with Gasteiger partial charge in [0.25, 0.3) is 5.91 Å². The summed E-state index contributed by atoms with van der Waals surface area (Å²) in [4.78, 5) is 24.6. The number of aryl methyl sites for hydroxylation is 2. The first-order valence-electron chi connectivity index (χ1n) is 9.17. The Kier molecular flexibility index (Phi) is 4.64. The van der Waals surface area contributed by atoms with E-state index < -0.39 is 12.0 Å². The summed E-state index contributed by atoms with van der Waals surface area (Å²) >= 11 is 0. The van der Waals surface area contributed by atoms with Gasteiger partial charge >= 0.3 is 5.97 Å². The maximum atomic E-state index is 12.9. The predicted molar refractivity (Wildman–Crippen MR) is 110 cm³/mol. The number of nitrogens with zero attached hydrogens (tertiary/aromatic N) is 2. The number of nitrogens with one attached hydrogen (secondary N) is 2. The lowest BCUT2D eigenvalue weighted by atomic mass is 10.0.